The van der Waals surface area contributed by atoms with Gasteiger partial charge in [0.25, 0.3) is 5.91 Å². The topological polar surface area (TPSA) is 38.8 Å². The number of hydrogen-bond acceptors (Lipinski definition) is 3. The molecule has 2 aliphatic heterocycles. The van der Waals surface area contributed by atoms with E-state index in [4.69, 9.17) is 9.47 Å². The number of halogens is 1. The van der Waals surface area contributed by atoms with Crippen LogP contribution in [0.5, 0.6) is 0 Å². The number of amides is 1. The van der Waals surface area contributed by atoms with E-state index < -0.39 is 6.10 Å². The molecule has 2 aliphatic rings. The van der Waals surface area contributed by atoms with Crippen LogP contribution in [0.4, 0.5) is 10.1 Å². The Bertz CT molecular complexity index is 599. The maximum atomic E-state index is 14.4. The van der Waals surface area contributed by atoms with Gasteiger partial charge in [-0.05, 0) is 63.1 Å². The number of aryl methyl sites for hydroxylation is 2. The molecule has 2 unspecified atom stereocenters. The largest absolute Gasteiger partial charge is 0.376 e. The molecule has 0 bridgehead atoms. The molecule has 1 saturated heterocycles. The molecular formula is C19H26FNO3. The standard InChI is InChI=1S/C19H26FNO3/c1-13-10-15-6-5-8-21(18(15)17(20)11-13)19(22)14(2)24-12-16-7-3-4-9-23-16/h10-11,14,16H,3-9,12H2,1-2H3. The molecule has 0 spiro atoms. The Morgan fingerprint density at radius 1 is 1.42 bits per heavy atom. The Morgan fingerprint density at radius 3 is 3.00 bits per heavy atom. The van der Waals surface area contributed by atoms with Crippen molar-refractivity contribution in [2.75, 3.05) is 24.7 Å². The van der Waals surface area contributed by atoms with Crippen LogP contribution in [0.2, 0.25) is 0 Å². The Labute approximate surface area is 142 Å². The molecule has 1 fully saturated rings. The maximum Gasteiger partial charge on any atom is 0.255 e. The van der Waals surface area contributed by atoms with Gasteiger partial charge in [0.05, 0.1) is 18.4 Å². The second-order valence-corrected chi connectivity index (χ2v) is 6.81. The van der Waals surface area contributed by atoms with E-state index >= 15 is 0 Å². The number of carbonyl (C=O) groups excluding carboxylic acids is 1. The zero-order chi connectivity index (χ0) is 17.1. The predicted octanol–water partition coefficient (Wildman–Crippen LogP) is 3.39. The van der Waals surface area contributed by atoms with Gasteiger partial charge in [-0.25, -0.2) is 4.39 Å². The van der Waals surface area contributed by atoms with Crippen LogP contribution in [-0.4, -0.2) is 37.9 Å². The van der Waals surface area contributed by atoms with E-state index in [1.54, 1.807) is 11.8 Å². The third kappa shape index (κ3) is 3.78. The molecule has 1 amide bonds. The van der Waals surface area contributed by atoms with E-state index in [2.05, 4.69) is 0 Å². The fourth-order valence-corrected chi connectivity index (χ4v) is 3.54. The summed E-state index contributed by atoms with van der Waals surface area (Å²) in [4.78, 5) is 14.3. The first-order valence-electron chi connectivity index (χ1n) is 8.90. The molecule has 3 rings (SSSR count). The maximum absolute atomic E-state index is 14.4. The lowest BCUT2D eigenvalue weighted by atomic mass is 9.98. The molecule has 0 radical (unpaired) electrons. The van der Waals surface area contributed by atoms with Gasteiger partial charge in [-0.2, -0.15) is 0 Å². The number of hydrogen-bond donors (Lipinski definition) is 0. The number of nitrogens with zero attached hydrogens (tertiary/aromatic N) is 1. The van der Waals surface area contributed by atoms with Crippen LogP contribution in [0.15, 0.2) is 12.1 Å². The number of anilines is 1. The first-order valence-corrected chi connectivity index (χ1v) is 8.90. The van der Waals surface area contributed by atoms with Crippen molar-refractivity contribution in [2.24, 2.45) is 0 Å². The molecule has 132 valence electrons. The summed E-state index contributed by atoms with van der Waals surface area (Å²) < 4.78 is 25.8. The lowest BCUT2D eigenvalue weighted by molar-refractivity contribution is -0.133. The first-order chi connectivity index (χ1) is 11.6. The molecule has 0 aromatic heterocycles. The highest BCUT2D eigenvalue weighted by Gasteiger charge is 2.30. The fourth-order valence-electron chi connectivity index (χ4n) is 3.54. The fraction of sp³-hybridized carbons (Fsp3) is 0.632. The Balaban J connectivity index is 1.67. The van der Waals surface area contributed by atoms with Crippen molar-refractivity contribution in [3.8, 4) is 0 Å². The van der Waals surface area contributed by atoms with Crippen molar-refractivity contribution in [3.05, 3.63) is 29.1 Å². The van der Waals surface area contributed by atoms with Crippen LogP contribution in [0.25, 0.3) is 0 Å². The van der Waals surface area contributed by atoms with E-state index in [0.29, 0.717) is 18.8 Å². The van der Waals surface area contributed by atoms with Crippen LogP contribution in [0, 0.1) is 12.7 Å². The second-order valence-electron chi connectivity index (χ2n) is 6.81. The minimum Gasteiger partial charge on any atom is -0.376 e. The van der Waals surface area contributed by atoms with E-state index in [9.17, 15) is 9.18 Å². The van der Waals surface area contributed by atoms with Gasteiger partial charge in [0.1, 0.15) is 11.9 Å². The highest BCUT2D eigenvalue weighted by atomic mass is 19.1. The van der Waals surface area contributed by atoms with Gasteiger partial charge in [-0.1, -0.05) is 6.07 Å². The molecule has 5 heteroatoms. The van der Waals surface area contributed by atoms with Gasteiger partial charge < -0.3 is 14.4 Å². The van der Waals surface area contributed by atoms with Crippen molar-refractivity contribution in [1.82, 2.24) is 0 Å². The molecule has 0 N–H and O–H groups in total. The smallest absolute Gasteiger partial charge is 0.255 e. The summed E-state index contributed by atoms with van der Waals surface area (Å²) >= 11 is 0. The van der Waals surface area contributed by atoms with Crippen molar-refractivity contribution in [3.63, 3.8) is 0 Å². The van der Waals surface area contributed by atoms with Crippen molar-refractivity contribution < 1.29 is 18.7 Å². The second kappa shape index (κ2) is 7.62. The minimum absolute atomic E-state index is 0.0713. The molecule has 2 atom stereocenters. The summed E-state index contributed by atoms with van der Waals surface area (Å²) in [5, 5.41) is 0. The van der Waals surface area contributed by atoms with Crippen LogP contribution in [-0.2, 0) is 20.7 Å². The van der Waals surface area contributed by atoms with E-state index in [1.807, 2.05) is 13.0 Å². The van der Waals surface area contributed by atoms with Gasteiger partial charge >= 0.3 is 0 Å². The minimum atomic E-state index is -0.595. The predicted molar refractivity (Wildman–Crippen MR) is 90.8 cm³/mol. The molecule has 4 nitrogen and oxygen atoms in total. The SMILES string of the molecule is Cc1cc(F)c2c(c1)CCCN2C(=O)C(C)OCC1CCCCO1. The molecule has 2 heterocycles. The quantitative estimate of drug-likeness (QED) is 0.847. The van der Waals surface area contributed by atoms with Crippen LogP contribution < -0.4 is 4.90 Å². The number of carbonyl (C=O) groups is 1. The lowest BCUT2D eigenvalue weighted by Crippen LogP contribution is -2.43. The van der Waals surface area contributed by atoms with Gasteiger partial charge in [0.2, 0.25) is 0 Å². The first kappa shape index (κ1) is 17.4. The highest BCUT2D eigenvalue weighted by molar-refractivity contribution is 5.97. The third-order valence-corrected chi connectivity index (χ3v) is 4.80. The molecule has 1 aromatic rings. The summed E-state index contributed by atoms with van der Waals surface area (Å²) in [6, 6.07) is 3.46. The Kier molecular flexibility index (Phi) is 5.51. The van der Waals surface area contributed by atoms with Crippen LogP contribution in [0.1, 0.15) is 43.7 Å². The average Bonchev–Trinajstić information content (AvgIpc) is 2.59. The zero-order valence-electron chi connectivity index (χ0n) is 14.5. The summed E-state index contributed by atoms with van der Waals surface area (Å²) in [5.41, 5.74) is 2.23. The molecule has 0 aliphatic carbocycles. The van der Waals surface area contributed by atoms with Gasteiger partial charge in [0, 0.05) is 13.2 Å². The number of ether oxygens (including phenoxy) is 2. The summed E-state index contributed by atoms with van der Waals surface area (Å²) in [6.07, 6.45) is 4.34. The number of benzene rings is 1. The van der Waals surface area contributed by atoms with E-state index in [-0.39, 0.29) is 17.8 Å². The molecule has 1 aromatic carbocycles. The van der Waals surface area contributed by atoms with Gasteiger partial charge in [-0.3, -0.25) is 4.79 Å². The van der Waals surface area contributed by atoms with Gasteiger partial charge in [0.15, 0.2) is 0 Å². The van der Waals surface area contributed by atoms with E-state index in [1.165, 1.54) is 6.07 Å². The Hall–Kier alpha value is -1.46. The Morgan fingerprint density at radius 2 is 2.25 bits per heavy atom. The normalized spacial score (nSPS) is 22.1. The monoisotopic (exact) mass is 335 g/mol. The van der Waals surface area contributed by atoms with E-state index in [0.717, 1.165) is 49.8 Å². The lowest BCUT2D eigenvalue weighted by Gasteiger charge is -2.32. The third-order valence-electron chi connectivity index (χ3n) is 4.80. The summed E-state index contributed by atoms with van der Waals surface area (Å²) in [7, 11) is 0. The van der Waals surface area contributed by atoms with Crippen molar-refractivity contribution >= 4 is 11.6 Å². The zero-order valence-corrected chi connectivity index (χ0v) is 14.5. The number of rotatable bonds is 4. The molecule has 0 saturated carbocycles. The highest BCUT2D eigenvalue weighted by Crippen LogP contribution is 2.32. The van der Waals surface area contributed by atoms with Crippen molar-refractivity contribution in [1.29, 1.82) is 0 Å². The van der Waals surface area contributed by atoms with Crippen LogP contribution >= 0.6 is 0 Å². The number of fused-ring (bicyclic) bond motifs is 1. The van der Waals surface area contributed by atoms with Crippen molar-refractivity contribution in [2.45, 2.75) is 58.2 Å². The molecule has 24 heavy (non-hydrogen) atoms. The summed E-state index contributed by atoms with van der Waals surface area (Å²) in [5.74, 6) is -0.490. The summed E-state index contributed by atoms with van der Waals surface area (Å²) in [6.45, 7) is 5.34. The van der Waals surface area contributed by atoms with Crippen LogP contribution in [0.3, 0.4) is 0 Å². The molecular weight excluding hydrogens is 309 g/mol. The van der Waals surface area contributed by atoms with Gasteiger partial charge in [-0.15, -0.1) is 0 Å². The average molecular weight is 335 g/mol.